The lowest BCUT2D eigenvalue weighted by molar-refractivity contribution is -0.186. The van der Waals surface area contributed by atoms with E-state index >= 15 is 0 Å². The molecule has 4 heteroatoms. The summed E-state index contributed by atoms with van der Waals surface area (Å²) in [5.74, 6) is -0.304. The maximum Gasteiger partial charge on any atom is 0.391 e. The van der Waals surface area contributed by atoms with E-state index in [4.69, 9.17) is 0 Å². The monoisotopic (exact) mass is 279 g/mol. The Balaban J connectivity index is 2.55. The number of hydrogen-bond donors (Lipinski definition) is 1. The highest BCUT2D eigenvalue weighted by Crippen LogP contribution is 2.41. The number of rotatable bonds is 6. The third kappa shape index (κ3) is 5.33. The molecule has 0 amide bonds. The number of nitrogens with one attached hydrogen (secondary N) is 1. The van der Waals surface area contributed by atoms with Crippen LogP contribution in [0.5, 0.6) is 0 Å². The maximum absolute atomic E-state index is 12.8. The van der Waals surface area contributed by atoms with Crippen LogP contribution in [0.1, 0.15) is 58.8 Å². The molecule has 1 nitrogen and oxygen atoms in total. The van der Waals surface area contributed by atoms with Crippen molar-refractivity contribution in [1.82, 2.24) is 5.32 Å². The largest absolute Gasteiger partial charge is 0.391 e. The fourth-order valence-electron chi connectivity index (χ4n) is 3.48. The Morgan fingerprint density at radius 1 is 1.26 bits per heavy atom. The second-order valence-electron chi connectivity index (χ2n) is 6.19. The van der Waals surface area contributed by atoms with Crippen LogP contribution in [-0.4, -0.2) is 19.3 Å². The minimum atomic E-state index is -4.01. The first-order valence-corrected chi connectivity index (χ1v) is 7.62. The number of halogens is 3. The van der Waals surface area contributed by atoms with E-state index in [9.17, 15) is 13.2 Å². The van der Waals surface area contributed by atoms with E-state index in [-0.39, 0.29) is 12.0 Å². The van der Waals surface area contributed by atoms with Gasteiger partial charge in [0, 0.05) is 6.04 Å². The molecule has 19 heavy (non-hydrogen) atoms. The van der Waals surface area contributed by atoms with Crippen LogP contribution in [0.2, 0.25) is 0 Å². The van der Waals surface area contributed by atoms with Crippen molar-refractivity contribution in [2.24, 2.45) is 17.8 Å². The molecule has 1 aliphatic rings. The van der Waals surface area contributed by atoms with Crippen LogP contribution >= 0.6 is 0 Å². The van der Waals surface area contributed by atoms with Crippen molar-refractivity contribution in [2.75, 3.05) is 7.05 Å². The van der Waals surface area contributed by atoms with Crippen LogP contribution in [-0.2, 0) is 0 Å². The Morgan fingerprint density at radius 3 is 2.47 bits per heavy atom. The van der Waals surface area contributed by atoms with E-state index in [2.05, 4.69) is 19.2 Å². The van der Waals surface area contributed by atoms with E-state index in [1.165, 1.54) is 0 Å². The minimum Gasteiger partial charge on any atom is -0.317 e. The first-order valence-electron chi connectivity index (χ1n) is 7.62. The molecule has 114 valence electrons. The van der Waals surface area contributed by atoms with Gasteiger partial charge in [-0.05, 0) is 44.6 Å². The molecule has 0 heterocycles. The highest BCUT2D eigenvalue weighted by molar-refractivity contribution is 4.85. The number of alkyl halides is 3. The Morgan fingerprint density at radius 2 is 1.95 bits per heavy atom. The minimum absolute atomic E-state index is 0.185. The van der Waals surface area contributed by atoms with Crippen LogP contribution in [0.3, 0.4) is 0 Å². The normalized spacial score (nSPS) is 28.1. The summed E-state index contributed by atoms with van der Waals surface area (Å²) in [7, 11) is 1.89. The average molecular weight is 279 g/mol. The predicted octanol–water partition coefficient (Wildman–Crippen LogP) is 4.77. The smallest absolute Gasteiger partial charge is 0.317 e. The SMILES string of the molecule is CCCC(C)CC(NC)C1CCCC(C(F)(F)F)C1. The molecule has 0 aromatic carbocycles. The van der Waals surface area contributed by atoms with Crippen molar-refractivity contribution in [1.29, 1.82) is 0 Å². The molecule has 4 atom stereocenters. The lowest BCUT2D eigenvalue weighted by Crippen LogP contribution is -2.40. The molecule has 4 unspecified atom stereocenters. The van der Waals surface area contributed by atoms with Gasteiger partial charge in [-0.15, -0.1) is 0 Å². The van der Waals surface area contributed by atoms with Crippen molar-refractivity contribution in [3.8, 4) is 0 Å². The van der Waals surface area contributed by atoms with Crippen molar-refractivity contribution in [3.63, 3.8) is 0 Å². The van der Waals surface area contributed by atoms with Crippen molar-refractivity contribution < 1.29 is 13.2 Å². The highest BCUT2D eigenvalue weighted by atomic mass is 19.4. The van der Waals surface area contributed by atoms with Gasteiger partial charge in [-0.25, -0.2) is 0 Å². The molecule has 1 rings (SSSR count). The maximum atomic E-state index is 12.8. The Labute approximate surface area is 115 Å². The summed E-state index contributed by atoms with van der Waals surface area (Å²) in [5.41, 5.74) is 0. The van der Waals surface area contributed by atoms with E-state index in [1.807, 2.05) is 7.05 Å². The van der Waals surface area contributed by atoms with Gasteiger partial charge in [0.05, 0.1) is 5.92 Å². The summed E-state index contributed by atoms with van der Waals surface area (Å²) in [4.78, 5) is 0. The van der Waals surface area contributed by atoms with Crippen LogP contribution < -0.4 is 5.32 Å². The highest BCUT2D eigenvalue weighted by Gasteiger charge is 2.43. The Bertz CT molecular complexity index is 252. The van der Waals surface area contributed by atoms with Gasteiger partial charge < -0.3 is 5.32 Å². The fraction of sp³-hybridized carbons (Fsp3) is 1.00. The van der Waals surface area contributed by atoms with E-state index in [1.54, 1.807) is 0 Å². The predicted molar refractivity (Wildman–Crippen MR) is 73.0 cm³/mol. The quantitative estimate of drug-likeness (QED) is 0.738. The Kier molecular flexibility index (Phi) is 6.64. The van der Waals surface area contributed by atoms with Crippen LogP contribution in [0, 0.1) is 17.8 Å². The van der Waals surface area contributed by atoms with Crippen LogP contribution in [0.25, 0.3) is 0 Å². The van der Waals surface area contributed by atoms with Gasteiger partial charge >= 0.3 is 6.18 Å². The Hall–Kier alpha value is -0.250. The topological polar surface area (TPSA) is 12.0 Å². The summed E-state index contributed by atoms with van der Waals surface area (Å²) in [6, 6.07) is 0.242. The summed E-state index contributed by atoms with van der Waals surface area (Å²) >= 11 is 0. The van der Waals surface area contributed by atoms with Crippen molar-refractivity contribution >= 4 is 0 Å². The van der Waals surface area contributed by atoms with Gasteiger partial charge in [0.15, 0.2) is 0 Å². The van der Waals surface area contributed by atoms with Crippen LogP contribution in [0.4, 0.5) is 13.2 Å². The van der Waals surface area contributed by atoms with E-state index in [0.29, 0.717) is 18.8 Å². The molecule has 1 N–H and O–H groups in total. The van der Waals surface area contributed by atoms with Gasteiger partial charge in [-0.1, -0.05) is 33.1 Å². The van der Waals surface area contributed by atoms with Gasteiger partial charge in [0.25, 0.3) is 0 Å². The zero-order valence-corrected chi connectivity index (χ0v) is 12.4. The lowest BCUT2D eigenvalue weighted by Gasteiger charge is -2.36. The third-order valence-corrected chi connectivity index (χ3v) is 4.56. The summed E-state index contributed by atoms with van der Waals surface area (Å²) < 4.78 is 38.5. The molecule has 1 saturated carbocycles. The summed E-state index contributed by atoms with van der Waals surface area (Å²) in [6.07, 6.45) is 1.59. The molecule has 0 aliphatic heterocycles. The van der Waals surface area contributed by atoms with Crippen LogP contribution in [0.15, 0.2) is 0 Å². The van der Waals surface area contributed by atoms with E-state index < -0.39 is 12.1 Å². The van der Waals surface area contributed by atoms with Gasteiger partial charge in [-0.3, -0.25) is 0 Å². The van der Waals surface area contributed by atoms with Gasteiger partial charge in [0.1, 0.15) is 0 Å². The molecule has 0 bridgehead atoms. The molecule has 0 aromatic heterocycles. The summed E-state index contributed by atoms with van der Waals surface area (Å²) in [5, 5.41) is 3.27. The van der Waals surface area contributed by atoms with Crippen molar-refractivity contribution in [3.05, 3.63) is 0 Å². The lowest BCUT2D eigenvalue weighted by atomic mass is 9.75. The molecular formula is C15H28F3N. The second-order valence-corrected chi connectivity index (χ2v) is 6.19. The molecular weight excluding hydrogens is 251 g/mol. The zero-order chi connectivity index (χ0) is 14.5. The standard InChI is InChI=1S/C15H28F3N/c1-4-6-11(2)9-14(19-3)12-7-5-8-13(10-12)15(16,17)18/h11-14,19H,4-10H2,1-3H3. The summed E-state index contributed by atoms with van der Waals surface area (Å²) in [6.45, 7) is 4.36. The molecule has 1 aliphatic carbocycles. The number of hydrogen-bond acceptors (Lipinski definition) is 1. The molecule has 0 aromatic rings. The average Bonchev–Trinajstić information content (AvgIpc) is 2.35. The van der Waals surface area contributed by atoms with Gasteiger partial charge in [0.2, 0.25) is 0 Å². The third-order valence-electron chi connectivity index (χ3n) is 4.56. The first-order chi connectivity index (χ1) is 8.88. The zero-order valence-electron chi connectivity index (χ0n) is 12.4. The molecule has 0 saturated heterocycles. The van der Waals surface area contributed by atoms with E-state index in [0.717, 1.165) is 32.1 Å². The van der Waals surface area contributed by atoms with Crippen molar-refractivity contribution in [2.45, 2.75) is 71.0 Å². The molecule has 0 spiro atoms. The molecule has 0 radical (unpaired) electrons. The second kappa shape index (κ2) is 7.51. The molecule has 1 fully saturated rings. The fourth-order valence-corrected chi connectivity index (χ4v) is 3.48. The van der Waals surface area contributed by atoms with Gasteiger partial charge in [-0.2, -0.15) is 13.2 Å². The first kappa shape index (κ1) is 16.8.